The fraction of sp³-hybridized carbons (Fsp3) is 0.458. The first-order valence-electron chi connectivity index (χ1n) is 11.6. The first kappa shape index (κ1) is 22.4. The van der Waals surface area contributed by atoms with Gasteiger partial charge in [0.1, 0.15) is 24.0 Å². The van der Waals surface area contributed by atoms with Crippen molar-refractivity contribution in [3.63, 3.8) is 0 Å². The molecule has 2 aromatic heterocycles. The van der Waals surface area contributed by atoms with Gasteiger partial charge >= 0.3 is 0 Å². The highest BCUT2D eigenvalue weighted by atomic mass is 19.1. The molecule has 0 radical (unpaired) electrons. The van der Waals surface area contributed by atoms with Crippen molar-refractivity contribution in [2.24, 2.45) is 11.8 Å². The second kappa shape index (κ2) is 9.84. The number of pyridine rings is 1. The Morgan fingerprint density at radius 3 is 2.74 bits per heavy atom. The van der Waals surface area contributed by atoms with E-state index >= 15 is 0 Å². The largest absolute Gasteiger partial charge is 0.391 e. The Hall–Kier alpha value is -3.40. The summed E-state index contributed by atoms with van der Waals surface area (Å²) in [6.07, 6.45) is 4.45. The number of morpholine rings is 1. The lowest BCUT2D eigenvalue weighted by Crippen LogP contribution is -2.51. The lowest BCUT2D eigenvalue weighted by atomic mass is 9.74. The number of Topliss-reactive ketones (excluding diaryl/α,β-unsaturated/α-hetero) is 1. The van der Waals surface area contributed by atoms with Gasteiger partial charge in [-0.3, -0.25) is 9.59 Å². The lowest BCUT2D eigenvalue weighted by Gasteiger charge is -2.38. The third-order valence-electron chi connectivity index (χ3n) is 6.56. The van der Waals surface area contributed by atoms with Crippen LogP contribution in [0.15, 0.2) is 42.6 Å². The van der Waals surface area contributed by atoms with E-state index < -0.39 is 5.92 Å². The van der Waals surface area contributed by atoms with E-state index in [2.05, 4.69) is 15.3 Å². The van der Waals surface area contributed by atoms with E-state index in [1.54, 1.807) is 23.2 Å². The van der Waals surface area contributed by atoms with E-state index in [0.717, 1.165) is 12.8 Å². The molecule has 1 saturated heterocycles. The van der Waals surface area contributed by atoms with Gasteiger partial charge in [0.15, 0.2) is 5.78 Å². The van der Waals surface area contributed by atoms with Gasteiger partial charge in [-0.1, -0.05) is 17.7 Å². The van der Waals surface area contributed by atoms with Gasteiger partial charge in [0.2, 0.25) is 11.6 Å². The highest BCUT2D eigenvalue weighted by Gasteiger charge is 2.39. The number of aromatic nitrogens is 4. The Balaban J connectivity index is 1.23. The predicted molar refractivity (Wildman–Crippen MR) is 119 cm³/mol. The van der Waals surface area contributed by atoms with Crippen LogP contribution in [0.5, 0.6) is 0 Å². The van der Waals surface area contributed by atoms with E-state index in [-0.39, 0.29) is 36.1 Å². The van der Waals surface area contributed by atoms with Gasteiger partial charge in [-0.25, -0.2) is 9.37 Å². The molecule has 178 valence electrons. The maximum atomic E-state index is 13.5. The summed E-state index contributed by atoms with van der Waals surface area (Å²) in [6.45, 7) is 1.41. The molecule has 1 aromatic carbocycles. The van der Waals surface area contributed by atoms with Crippen molar-refractivity contribution in [1.29, 1.82) is 0 Å². The van der Waals surface area contributed by atoms with Gasteiger partial charge in [-0.15, -0.1) is 5.10 Å². The van der Waals surface area contributed by atoms with Crippen LogP contribution in [0.4, 0.5) is 4.39 Å². The van der Waals surface area contributed by atoms with Crippen LogP contribution in [-0.4, -0.2) is 69.1 Å². The molecule has 34 heavy (non-hydrogen) atoms. The number of ether oxygens (including phenoxy) is 1. The monoisotopic (exact) mass is 467 g/mol. The second-order valence-corrected chi connectivity index (χ2v) is 8.75. The molecule has 2 fully saturated rings. The number of fused-ring (bicyclic) bond motifs is 1. The Labute approximate surface area is 195 Å². The van der Waals surface area contributed by atoms with Crippen LogP contribution in [0.2, 0.25) is 0 Å². The van der Waals surface area contributed by atoms with Gasteiger partial charge < -0.3 is 14.5 Å². The molecule has 10 heteroatoms. The van der Waals surface area contributed by atoms with Crippen LogP contribution in [0.1, 0.15) is 36.0 Å². The molecule has 9 nitrogen and oxygen atoms in total. The summed E-state index contributed by atoms with van der Waals surface area (Å²) < 4.78 is 19.1. The van der Waals surface area contributed by atoms with Crippen molar-refractivity contribution >= 4 is 22.9 Å². The van der Waals surface area contributed by atoms with Crippen molar-refractivity contribution in [3.8, 4) is 0 Å². The van der Waals surface area contributed by atoms with Crippen molar-refractivity contribution in [2.45, 2.75) is 31.8 Å². The number of amides is 1. The van der Waals surface area contributed by atoms with Gasteiger partial charge in [-0.2, -0.15) is 0 Å². The zero-order valence-corrected chi connectivity index (χ0v) is 18.7. The van der Waals surface area contributed by atoms with Crippen molar-refractivity contribution in [1.82, 2.24) is 25.0 Å². The van der Waals surface area contributed by atoms with Crippen molar-refractivity contribution in [2.75, 3.05) is 26.3 Å². The van der Waals surface area contributed by atoms with E-state index in [4.69, 9.17) is 9.57 Å². The maximum Gasteiger partial charge on any atom is 0.226 e. The van der Waals surface area contributed by atoms with Crippen LogP contribution in [0.3, 0.4) is 0 Å². The fourth-order valence-electron chi connectivity index (χ4n) is 4.81. The third-order valence-corrected chi connectivity index (χ3v) is 6.56. The molecular weight excluding hydrogens is 441 g/mol. The number of nitrogens with zero attached hydrogens (tertiary/aromatic N) is 5. The summed E-state index contributed by atoms with van der Waals surface area (Å²) in [4.78, 5) is 39.6. The van der Waals surface area contributed by atoms with E-state index in [1.165, 1.54) is 29.1 Å². The summed E-state index contributed by atoms with van der Waals surface area (Å²) in [5.74, 6) is -1.27. The Morgan fingerprint density at radius 2 is 1.91 bits per heavy atom. The minimum atomic E-state index is -0.392. The number of carbonyl (C=O) groups excluding carboxylic acids is 2. The van der Waals surface area contributed by atoms with Crippen LogP contribution in [0.25, 0.3) is 11.2 Å². The fourth-order valence-corrected chi connectivity index (χ4v) is 4.81. The number of ketones is 1. The molecule has 3 aromatic rings. The van der Waals surface area contributed by atoms with Crippen LogP contribution < -0.4 is 4.84 Å². The zero-order valence-electron chi connectivity index (χ0n) is 18.7. The number of carbonyl (C=O) groups is 2. The number of hydrogen-bond acceptors (Lipinski definition) is 7. The number of benzene rings is 1. The normalized spacial score (nSPS) is 23.1. The zero-order chi connectivity index (χ0) is 23.5. The molecule has 3 atom stereocenters. The minimum absolute atomic E-state index is 0.0265. The molecule has 1 saturated carbocycles. The maximum absolute atomic E-state index is 13.5. The van der Waals surface area contributed by atoms with Gasteiger partial charge in [0.25, 0.3) is 0 Å². The number of halogens is 1. The summed E-state index contributed by atoms with van der Waals surface area (Å²) in [6, 6.07) is 9.13. The van der Waals surface area contributed by atoms with E-state index in [0.29, 0.717) is 49.3 Å². The quantitative estimate of drug-likeness (QED) is 0.513. The molecule has 1 aliphatic heterocycles. The smallest absolute Gasteiger partial charge is 0.226 e. The molecule has 3 heterocycles. The molecule has 1 amide bonds. The second-order valence-electron chi connectivity index (χ2n) is 8.75. The molecule has 0 N–H and O–H groups in total. The molecule has 0 bridgehead atoms. The summed E-state index contributed by atoms with van der Waals surface area (Å²) in [5.41, 5.74) is 1.58. The molecule has 5 rings (SSSR count). The average Bonchev–Trinajstić information content (AvgIpc) is 3.30. The van der Waals surface area contributed by atoms with E-state index in [9.17, 15) is 14.0 Å². The highest BCUT2D eigenvalue weighted by Crippen LogP contribution is 2.34. The summed E-state index contributed by atoms with van der Waals surface area (Å²) in [5, 5.41) is 7.96. The highest BCUT2D eigenvalue weighted by molar-refractivity contribution is 6.00. The Kier molecular flexibility index (Phi) is 6.48. The summed E-state index contributed by atoms with van der Waals surface area (Å²) in [7, 11) is 0. The van der Waals surface area contributed by atoms with Crippen LogP contribution in [0, 0.1) is 17.7 Å². The molecule has 2 aliphatic rings. The van der Waals surface area contributed by atoms with E-state index in [1.807, 2.05) is 0 Å². The Bertz CT molecular complexity index is 1170. The Morgan fingerprint density at radius 1 is 1.12 bits per heavy atom. The minimum Gasteiger partial charge on any atom is -0.391 e. The number of rotatable bonds is 6. The van der Waals surface area contributed by atoms with Crippen LogP contribution >= 0.6 is 0 Å². The van der Waals surface area contributed by atoms with Gasteiger partial charge in [0, 0.05) is 30.1 Å². The first-order valence-corrected chi connectivity index (χ1v) is 11.6. The van der Waals surface area contributed by atoms with Gasteiger partial charge in [0.05, 0.1) is 13.2 Å². The third kappa shape index (κ3) is 4.63. The SMILES string of the molecule is O=C(c1ccc(F)cc1)C1CCCCC1C(=O)N1CCOC(COn2nnc3cccnc32)C1. The standard InChI is InChI=1S/C24H26FN5O4/c25-17-9-7-16(8-10-17)22(31)19-4-1-2-5-20(19)24(32)29-12-13-33-18(14-29)15-34-30-23-21(27-28-30)6-3-11-26-23/h3,6-11,18-20H,1-2,4-5,12-15H2. The lowest BCUT2D eigenvalue weighted by molar-refractivity contribution is -0.148. The number of hydrogen-bond donors (Lipinski definition) is 0. The summed E-state index contributed by atoms with van der Waals surface area (Å²) >= 11 is 0. The van der Waals surface area contributed by atoms with Gasteiger partial charge in [-0.05, 0) is 54.5 Å². The molecule has 3 unspecified atom stereocenters. The molecular formula is C24H26FN5O4. The average molecular weight is 468 g/mol. The van der Waals surface area contributed by atoms with Crippen LogP contribution in [-0.2, 0) is 9.53 Å². The topological polar surface area (TPSA) is 99.4 Å². The van der Waals surface area contributed by atoms with Crippen molar-refractivity contribution in [3.05, 3.63) is 54.0 Å². The predicted octanol–water partition coefficient (Wildman–Crippen LogP) is 2.31. The van der Waals surface area contributed by atoms with Crippen molar-refractivity contribution < 1.29 is 23.6 Å². The molecule has 0 spiro atoms. The molecule has 1 aliphatic carbocycles. The first-order chi connectivity index (χ1) is 16.6.